The van der Waals surface area contributed by atoms with E-state index in [1.165, 1.54) is 4.88 Å². The summed E-state index contributed by atoms with van der Waals surface area (Å²) in [5, 5.41) is 2.11. The average molecular weight is 223 g/mol. The van der Waals surface area contributed by atoms with Crippen LogP contribution < -0.4 is 0 Å². The van der Waals surface area contributed by atoms with Crippen molar-refractivity contribution < 1.29 is 4.79 Å². The van der Waals surface area contributed by atoms with Crippen molar-refractivity contribution in [2.45, 2.75) is 26.8 Å². The second-order valence-electron chi connectivity index (χ2n) is 4.85. The van der Waals surface area contributed by atoms with Crippen LogP contribution in [0.5, 0.6) is 0 Å². The Morgan fingerprint density at radius 3 is 2.93 bits per heavy atom. The van der Waals surface area contributed by atoms with E-state index in [0.29, 0.717) is 12.2 Å². The first-order valence-corrected chi connectivity index (χ1v) is 6.24. The molecule has 0 radical (unpaired) electrons. The summed E-state index contributed by atoms with van der Waals surface area (Å²) >= 11 is 1.79. The van der Waals surface area contributed by atoms with Crippen molar-refractivity contribution in [2.24, 2.45) is 5.41 Å². The highest BCUT2D eigenvalue weighted by molar-refractivity contribution is 7.09. The average Bonchev–Trinajstić information content (AvgIpc) is 2.63. The molecular formula is C12H17NOS. The van der Waals surface area contributed by atoms with Crippen LogP contribution in [0, 0.1) is 5.41 Å². The molecule has 2 rings (SSSR count). The topological polar surface area (TPSA) is 20.3 Å². The zero-order valence-corrected chi connectivity index (χ0v) is 10.1. The Balaban J connectivity index is 1.98. The maximum absolute atomic E-state index is 11.6. The van der Waals surface area contributed by atoms with Crippen molar-refractivity contribution in [3.8, 4) is 0 Å². The van der Waals surface area contributed by atoms with Crippen molar-refractivity contribution in [3.63, 3.8) is 0 Å². The lowest BCUT2D eigenvalue weighted by molar-refractivity contribution is -0.131. The van der Waals surface area contributed by atoms with E-state index in [1.54, 1.807) is 11.3 Å². The number of carbonyl (C=O) groups excluding carboxylic acids is 1. The molecule has 0 atom stereocenters. The fraction of sp³-hybridized carbons (Fsp3) is 0.583. The first kappa shape index (κ1) is 10.8. The van der Waals surface area contributed by atoms with E-state index in [9.17, 15) is 4.79 Å². The molecule has 2 heterocycles. The third-order valence-electron chi connectivity index (χ3n) is 2.99. The number of ketones is 1. The van der Waals surface area contributed by atoms with Crippen LogP contribution in [0.15, 0.2) is 17.5 Å². The summed E-state index contributed by atoms with van der Waals surface area (Å²) in [6, 6.07) is 4.24. The SMILES string of the molecule is CC1(C)CN(Cc2cccs2)CCC1=O. The molecule has 1 aromatic heterocycles. The zero-order chi connectivity index (χ0) is 10.9. The number of rotatable bonds is 2. The molecule has 1 aliphatic heterocycles. The van der Waals surface area contributed by atoms with Crippen molar-refractivity contribution >= 4 is 17.1 Å². The minimum atomic E-state index is -0.157. The predicted molar refractivity (Wildman–Crippen MR) is 63.0 cm³/mol. The Hall–Kier alpha value is -0.670. The third-order valence-corrected chi connectivity index (χ3v) is 3.85. The number of likely N-dealkylation sites (tertiary alicyclic amines) is 1. The van der Waals surface area contributed by atoms with Crippen molar-refractivity contribution in [1.29, 1.82) is 0 Å². The number of piperidine rings is 1. The smallest absolute Gasteiger partial charge is 0.141 e. The fourth-order valence-electron chi connectivity index (χ4n) is 2.08. The summed E-state index contributed by atoms with van der Waals surface area (Å²) < 4.78 is 0. The van der Waals surface area contributed by atoms with Gasteiger partial charge in [-0.25, -0.2) is 0 Å². The van der Waals surface area contributed by atoms with E-state index in [2.05, 4.69) is 36.3 Å². The van der Waals surface area contributed by atoms with Gasteiger partial charge in [-0.3, -0.25) is 9.69 Å². The maximum Gasteiger partial charge on any atom is 0.141 e. The normalized spacial score (nSPS) is 21.9. The second-order valence-corrected chi connectivity index (χ2v) is 5.88. The predicted octanol–water partition coefficient (Wildman–Crippen LogP) is 2.55. The Morgan fingerprint density at radius 1 is 1.53 bits per heavy atom. The molecule has 0 unspecified atom stereocenters. The van der Waals surface area contributed by atoms with Crippen LogP contribution in [0.1, 0.15) is 25.1 Å². The maximum atomic E-state index is 11.6. The number of thiophene rings is 1. The van der Waals surface area contributed by atoms with Gasteiger partial charge in [0.15, 0.2) is 0 Å². The van der Waals surface area contributed by atoms with Gasteiger partial charge in [0.05, 0.1) is 0 Å². The van der Waals surface area contributed by atoms with E-state index in [4.69, 9.17) is 0 Å². The molecule has 2 nitrogen and oxygen atoms in total. The van der Waals surface area contributed by atoms with E-state index in [-0.39, 0.29) is 5.41 Å². The first-order valence-electron chi connectivity index (χ1n) is 5.36. The molecule has 3 heteroatoms. The minimum Gasteiger partial charge on any atom is -0.299 e. The molecule has 0 spiro atoms. The van der Waals surface area contributed by atoms with Crippen LogP contribution >= 0.6 is 11.3 Å². The molecule has 0 aromatic carbocycles. The van der Waals surface area contributed by atoms with Crippen LogP contribution in [-0.2, 0) is 11.3 Å². The zero-order valence-electron chi connectivity index (χ0n) is 9.32. The Bertz CT molecular complexity index is 343. The molecule has 1 aromatic rings. The fourth-order valence-corrected chi connectivity index (χ4v) is 2.83. The van der Waals surface area contributed by atoms with Gasteiger partial charge < -0.3 is 0 Å². The second kappa shape index (κ2) is 4.06. The lowest BCUT2D eigenvalue weighted by Gasteiger charge is -2.36. The van der Waals surface area contributed by atoms with Crippen molar-refractivity contribution in [3.05, 3.63) is 22.4 Å². The summed E-state index contributed by atoms with van der Waals surface area (Å²) in [7, 11) is 0. The highest BCUT2D eigenvalue weighted by Crippen LogP contribution is 2.26. The molecule has 0 bridgehead atoms. The van der Waals surface area contributed by atoms with Gasteiger partial charge in [0.2, 0.25) is 0 Å². The van der Waals surface area contributed by atoms with Crippen LogP contribution in [0.2, 0.25) is 0 Å². The van der Waals surface area contributed by atoms with Crippen LogP contribution in [0.4, 0.5) is 0 Å². The minimum absolute atomic E-state index is 0.157. The highest BCUT2D eigenvalue weighted by atomic mass is 32.1. The Morgan fingerprint density at radius 2 is 2.33 bits per heavy atom. The van der Waals surface area contributed by atoms with Crippen LogP contribution in [0.3, 0.4) is 0 Å². The Kier molecular flexibility index (Phi) is 2.94. The summed E-state index contributed by atoms with van der Waals surface area (Å²) in [6.07, 6.45) is 0.707. The van der Waals surface area contributed by atoms with E-state index in [0.717, 1.165) is 19.6 Å². The van der Waals surface area contributed by atoms with Gasteiger partial charge in [-0.15, -0.1) is 11.3 Å². The highest BCUT2D eigenvalue weighted by Gasteiger charge is 2.33. The number of hydrogen-bond donors (Lipinski definition) is 0. The van der Waals surface area contributed by atoms with Gasteiger partial charge in [0, 0.05) is 36.3 Å². The molecule has 1 aliphatic rings. The van der Waals surface area contributed by atoms with Crippen LogP contribution in [-0.4, -0.2) is 23.8 Å². The number of Topliss-reactive ketones (excluding diaryl/α,β-unsaturated/α-hetero) is 1. The van der Waals surface area contributed by atoms with Crippen molar-refractivity contribution in [2.75, 3.05) is 13.1 Å². The number of nitrogens with zero attached hydrogens (tertiary/aromatic N) is 1. The standard InChI is InChI=1S/C12H17NOS/c1-12(2)9-13(6-5-11(12)14)8-10-4-3-7-15-10/h3-4,7H,5-6,8-9H2,1-2H3. The van der Waals surface area contributed by atoms with Gasteiger partial charge in [-0.2, -0.15) is 0 Å². The van der Waals surface area contributed by atoms with Crippen molar-refractivity contribution in [1.82, 2.24) is 4.90 Å². The van der Waals surface area contributed by atoms with Crippen LogP contribution in [0.25, 0.3) is 0 Å². The van der Waals surface area contributed by atoms with E-state index >= 15 is 0 Å². The molecule has 0 amide bonds. The largest absolute Gasteiger partial charge is 0.299 e. The quantitative estimate of drug-likeness (QED) is 0.768. The molecule has 0 N–H and O–H groups in total. The van der Waals surface area contributed by atoms with Gasteiger partial charge in [-0.05, 0) is 11.4 Å². The van der Waals surface area contributed by atoms with E-state index < -0.39 is 0 Å². The molecule has 0 aliphatic carbocycles. The summed E-state index contributed by atoms with van der Waals surface area (Å²) in [5.74, 6) is 0.407. The molecule has 15 heavy (non-hydrogen) atoms. The summed E-state index contributed by atoms with van der Waals surface area (Å²) in [4.78, 5) is 15.4. The van der Waals surface area contributed by atoms with Gasteiger partial charge in [-0.1, -0.05) is 19.9 Å². The lowest BCUT2D eigenvalue weighted by Crippen LogP contribution is -2.45. The molecule has 0 saturated carbocycles. The monoisotopic (exact) mass is 223 g/mol. The first-order chi connectivity index (χ1) is 7.08. The van der Waals surface area contributed by atoms with Gasteiger partial charge in [0.1, 0.15) is 5.78 Å². The van der Waals surface area contributed by atoms with Gasteiger partial charge in [0.25, 0.3) is 0 Å². The summed E-state index contributed by atoms with van der Waals surface area (Å²) in [5.41, 5.74) is -0.157. The third kappa shape index (κ3) is 2.47. The van der Waals surface area contributed by atoms with Gasteiger partial charge >= 0.3 is 0 Å². The molecule has 1 saturated heterocycles. The number of hydrogen-bond acceptors (Lipinski definition) is 3. The molecule has 82 valence electrons. The molecule has 1 fully saturated rings. The summed E-state index contributed by atoms with van der Waals surface area (Å²) in [6.45, 7) is 6.91. The van der Waals surface area contributed by atoms with E-state index in [1.807, 2.05) is 0 Å². The number of carbonyl (C=O) groups is 1. The Labute approximate surface area is 94.9 Å². The lowest BCUT2D eigenvalue weighted by atomic mass is 9.83. The molecular weight excluding hydrogens is 206 g/mol.